The van der Waals surface area contributed by atoms with E-state index in [2.05, 4.69) is 20.5 Å². The number of hydrogen-bond acceptors (Lipinski definition) is 6. The topological polar surface area (TPSA) is 112 Å². The number of piperidine rings is 1. The molecule has 1 aromatic carbocycles. The van der Waals surface area contributed by atoms with Gasteiger partial charge in [0.1, 0.15) is 18.5 Å². The summed E-state index contributed by atoms with van der Waals surface area (Å²) in [6, 6.07) is 7.02. The van der Waals surface area contributed by atoms with Crippen LogP contribution in [0.1, 0.15) is 32.6 Å². The summed E-state index contributed by atoms with van der Waals surface area (Å²) in [5, 5.41) is 27.6. The van der Waals surface area contributed by atoms with E-state index in [1.807, 2.05) is 6.92 Å². The Morgan fingerprint density at radius 2 is 2.00 bits per heavy atom. The molecule has 9 heteroatoms. The Kier molecular flexibility index (Phi) is 7.65. The summed E-state index contributed by atoms with van der Waals surface area (Å²) in [5.41, 5.74) is 0.00631. The fourth-order valence-electron chi connectivity index (χ4n) is 3.47. The van der Waals surface area contributed by atoms with Gasteiger partial charge in [0.25, 0.3) is 5.69 Å². The summed E-state index contributed by atoms with van der Waals surface area (Å²) in [5.74, 6) is 1.19. The van der Waals surface area contributed by atoms with Gasteiger partial charge in [0, 0.05) is 43.9 Å². The van der Waals surface area contributed by atoms with Crippen molar-refractivity contribution in [2.75, 3.05) is 32.8 Å². The van der Waals surface area contributed by atoms with Gasteiger partial charge < -0.3 is 25.4 Å². The van der Waals surface area contributed by atoms with Crippen molar-refractivity contribution in [3.05, 3.63) is 34.4 Å². The molecule has 0 spiro atoms. The molecular weight excluding hydrogens is 374 g/mol. The van der Waals surface area contributed by atoms with E-state index < -0.39 is 11.0 Å². The number of nitrogens with zero attached hydrogens (tertiary/aromatic N) is 3. The monoisotopic (exact) mass is 405 g/mol. The highest BCUT2D eigenvalue weighted by atomic mass is 16.6. The molecule has 1 unspecified atom stereocenters. The second-order valence-electron chi connectivity index (χ2n) is 7.62. The third kappa shape index (κ3) is 6.86. The zero-order valence-corrected chi connectivity index (χ0v) is 16.9. The second kappa shape index (κ2) is 10.4. The van der Waals surface area contributed by atoms with Crippen LogP contribution in [-0.4, -0.2) is 71.9 Å². The van der Waals surface area contributed by atoms with E-state index in [9.17, 15) is 15.2 Å². The molecule has 3 N–H and O–H groups in total. The van der Waals surface area contributed by atoms with Crippen LogP contribution in [0, 0.1) is 10.1 Å². The number of rotatable bonds is 9. The molecule has 2 fully saturated rings. The Hall–Kier alpha value is -2.39. The molecule has 3 rings (SSSR count). The minimum Gasteiger partial charge on any atom is -0.491 e. The number of aliphatic imine (C=N–C) groups is 1. The molecule has 0 amide bonds. The minimum atomic E-state index is -0.766. The Balaban J connectivity index is 1.41. The molecule has 160 valence electrons. The Morgan fingerprint density at radius 3 is 2.59 bits per heavy atom. The van der Waals surface area contributed by atoms with Gasteiger partial charge in [-0.05, 0) is 44.7 Å². The molecule has 1 aromatic rings. The molecule has 1 aliphatic carbocycles. The predicted octanol–water partition coefficient (Wildman–Crippen LogP) is 1.52. The SMILES string of the molecule is CCNC(=NCC(O)COc1ccc([N+](=O)[O-])cc1)NC1CCN(C2CC2)CC1. The molecule has 9 nitrogen and oxygen atoms in total. The minimum absolute atomic E-state index is 0.00631. The van der Waals surface area contributed by atoms with Crippen molar-refractivity contribution in [1.29, 1.82) is 0 Å². The van der Waals surface area contributed by atoms with Gasteiger partial charge in [0.15, 0.2) is 5.96 Å². The number of benzene rings is 1. The highest BCUT2D eigenvalue weighted by Gasteiger charge is 2.31. The Labute approximate surface area is 171 Å². The van der Waals surface area contributed by atoms with Crippen LogP contribution < -0.4 is 15.4 Å². The molecule has 2 aliphatic rings. The first kappa shape index (κ1) is 21.3. The smallest absolute Gasteiger partial charge is 0.269 e. The number of nitro groups is 1. The van der Waals surface area contributed by atoms with Crippen molar-refractivity contribution < 1.29 is 14.8 Å². The predicted molar refractivity (Wildman–Crippen MR) is 111 cm³/mol. The van der Waals surface area contributed by atoms with Gasteiger partial charge in [-0.3, -0.25) is 15.1 Å². The number of guanidine groups is 1. The largest absolute Gasteiger partial charge is 0.491 e. The molecule has 29 heavy (non-hydrogen) atoms. The molecule has 0 radical (unpaired) electrons. The maximum atomic E-state index is 10.7. The molecule has 1 atom stereocenters. The summed E-state index contributed by atoms with van der Waals surface area (Å²) >= 11 is 0. The highest BCUT2D eigenvalue weighted by Crippen LogP contribution is 2.29. The average molecular weight is 405 g/mol. The van der Waals surface area contributed by atoms with Gasteiger partial charge in [-0.15, -0.1) is 0 Å². The lowest BCUT2D eigenvalue weighted by atomic mass is 10.1. The van der Waals surface area contributed by atoms with E-state index in [0.717, 1.165) is 38.5 Å². The van der Waals surface area contributed by atoms with Crippen LogP contribution in [-0.2, 0) is 0 Å². The van der Waals surface area contributed by atoms with Gasteiger partial charge in [-0.2, -0.15) is 0 Å². The van der Waals surface area contributed by atoms with Crippen LogP contribution in [0.3, 0.4) is 0 Å². The lowest BCUT2D eigenvalue weighted by Gasteiger charge is -2.33. The molecule has 1 heterocycles. The Bertz CT molecular complexity index is 685. The Morgan fingerprint density at radius 1 is 1.31 bits per heavy atom. The quantitative estimate of drug-likeness (QED) is 0.247. The lowest BCUT2D eigenvalue weighted by molar-refractivity contribution is -0.384. The normalized spacial score (nSPS) is 19.6. The number of hydrogen-bond donors (Lipinski definition) is 3. The first-order chi connectivity index (χ1) is 14.0. The van der Waals surface area contributed by atoms with Crippen LogP contribution in [0.4, 0.5) is 5.69 Å². The van der Waals surface area contributed by atoms with Gasteiger partial charge in [-0.1, -0.05) is 0 Å². The van der Waals surface area contributed by atoms with Crippen molar-refractivity contribution in [2.24, 2.45) is 4.99 Å². The third-order valence-electron chi connectivity index (χ3n) is 5.23. The molecule has 1 saturated heterocycles. The number of aliphatic hydroxyl groups is 1. The van der Waals surface area contributed by atoms with Gasteiger partial charge in [-0.25, -0.2) is 0 Å². The van der Waals surface area contributed by atoms with E-state index in [4.69, 9.17) is 4.74 Å². The standard InChI is InChI=1S/C20H31N5O4/c1-2-21-20(23-15-9-11-24(12-10-15)16-3-4-16)22-13-18(26)14-29-19-7-5-17(6-8-19)25(27)28/h5-8,15-16,18,26H,2-4,9-14H2,1H3,(H2,21,22,23). The third-order valence-corrected chi connectivity index (χ3v) is 5.23. The maximum absolute atomic E-state index is 10.7. The molecular formula is C20H31N5O4. The summed E-state index contributed by atoms with van der Waals surface area (Å²) in [7, 11) is 0. The van der Waals surface area contributed by atoms with Crippen LogP contribution in [0.2, 0.25) is 0 Å². The molecule has 0 bridgehead atoms. The average Bonchev–Trinajstić information content (AvgIpc) is 3.57. The van der Waals surface area contributed by atoms with E-state index in [1.54, 1.807) is 0 Å². The number of nitrogens with one attached hydrogen (secondary N) is 2. The van der Waals surface area contributed by atoms with Gasteiger partial charge in [0.05, 0.1) is 11.5 Å². The molecule has 1 saturated carbocycles. The van der Waals surface area contributed by atoms with Crippen molar-refractivity contribution >= 4 is 11.6 Å². The first-order valence-electron chi connectivity index (χ1n) is 10.4. The summed E-state index contributed by atoms with van der Waals surface area (Å²) in [6.07, 6.45) is 4.14. The second-order valence-corrected chi connectivity index (χ2v) is 7.62. The van der Waals surface area contributed by atoms with Gasteiger partial charge >= 0.3 is 0 Å². The first-order valence-corrected chi connectivity index (χ1v) is 10.4. The molecule has 0 aromatic heterocycles. The number of ether oxygens (including phenoxy) is 1. The van der Waals surface area contributed by atoms with E-state index in [-0.39, 0.29) is 18.8 Å². The number of aliphatic hydroxyl groups excluding tert-OH is 1. The van der Waals surface area contributed by atoms with Crippen molar-refractivity contribution in [2.45, 2.75) is 50.8 Å². The van der Waals surface area contributed by atoms with Crippen LogP contribution >= 0.6 is 0 Å². The van der Waals surface area contributed by atoms with Crippen LogP contribution in [0.15, 0.2) is 29.3 Å². The van der Waals surface area contributed by atoms with Gasteiger partial charge in [0.2, 0.25) is 0 Å². The maximum Gasteiger partial charge on any atom is 0.269 e. The molecule has 1 aliphatic heterocycles. The van der Waals surface area contributed by atoms with Crippen LogP contribution in [0.25, 0.3) is 0 Å². The fraction of sp³-hybridized carbons (Fsp3) is 0.650. The van der Waals surface area contributed by atoms with E-state index >= 15 is 0 Å². The summed E-state index contributed by atoms with van der Waals surface area (Å²) in [6.45, 7) is 5.31. The zero-order chi connectivity index (χ0) is 20.6. The van der Waals surface area contributed by atoms with Crippen molar-refractivity contribution in [3.8, 4) is 5.75 Å². The van der Waals surface area contributed by atoms with E-state index in [1.165, 1.54) is 37.1 Å². The number of likely N-dealkylation sites (tertiary alicyclic amines) is 1. The summed E-state index contributed by atoms with van der Waals surface area (Å²) in [4.78, 5) is 17.3. The van der Waals surface area contributed by atoms with Crippen LogP contribution in [0.5, 0.6) is 5.75 Å². The number of nitro benzene ring substituents is 1. The lowest BCUT2D eigenvalue weighted by Crippen LogP contribution is -2.49. The fourth-order valence-corrected chi connectivity index (χ4v) is 3.47. The van der Waals surface area contributed by atoms with Crippen molar-refractivity contribution in [3.63, 3.8) is 0 Å². The van der Waals surface area contributed by atoms with E-state index in [0.29, 0.717) is 17.8 Å². The van der Waals surface area contributed by atoms with Crippen molar-refractivity contribution in [1.82, 2.24) is 15.5 Å². The zero-order valence-electron chi connectivity index (χ0n) is 16.9. The summed E-state index contributed by atoms with van der Waals surface area (Å²) < 4.78 is 5.50. The number of non-ortho nitro benzene ring substituents is 1. The highest BCUT2D eigenvalue weighted by molar-refractivity contribution is 5.80.